The Morgan fingerprint density at radius 3 is 2.65 bits per heavy atom. The van der Waals surface area contributed by atoms with Crippen LogP contribution in [0.15, 0.2) is 24.3 Å². The van der Waals surface area contributed by atoms with Gasteiger partial charge in [0.2, 0.25) is 0 Å². The molecule has 2 heteroatoms. The third-order valence-corrected chi connectivity index (χ3v) is 3.57. The zero-order chi connectivity index (χ0) is 12.3. The second-order valence-corrected chi connectivity index (χ2v) is 5.72. The van der Waals surface area contributed by atoms with Crippen molar-refractivity contribution in [2.75, 3.05) is 19.8 Å². The van der Waals surface area contributed by atoms with Crippen LogP contribution >= 0.6 is 0 Å². The van der Waals surface area contributed by atoms with Crippen molar-refractivity contribution in [3.05, 3.63) is 35.4 Å². The molecule has 94 valence electrons. The lowest BCUT2D eigenvalue weighted by atomic mass is 9.88. The second-order valence-electron chi connectivity index (χ2n) is 5.72. The van der Waals surface area contributed by atoms with Crippen molar-refractivity contribution in [2.45, 2.75) is 33.2 Å². The third kappa shape index (κ3) is 3.30. The summed E-state index contributed by atoms with van der Waals surface area (Å²) in [4.78, 5) is 0. The van der Waals surface area contributed by atoms with Crippen molar-refractivity contribution in [1.29, 1.82) is 0 Å². The van der Waals surface area contributed by atoms with E-state index in [0.717, 1.165) is 26.2 Å². The van der Waals surface area contributed by atoms with Crippen molar-refractivity contribution in [2.24, 2.45) is 5.41 Å². The number of benzene rings is 1. The van der Waals surface area contributed by atoms with Gasteiger partial charge in [0.1, 0.15) is 0 Å². The van der Waals surface area contributed by atoms with Crippen molar-refractivity contribution >= 4 is 0 Å². The summed E-state index contributed by atoms with van der Waals surface area (Å²) in [6.45, 7) is 9.58. The SMILES string of the molecule is Cc1ccccc1CC(C)NCC1(C)COC1. The fourth-order valence-electron chi connectivity index (χ4n) is 2.21. The molecule has 1 fully saturated rings. The monoisotopic (exact) mass is 233 g/mol. The van der Waals surface area contributed by atoms with Crippen LogP contribution < -0.4 is 5.32 Å². The summed E-state index contributed by atoms with van der Waals surface area (Å²) in [5, 5.41) is 3.62. The molecule has 0 saturated carbocycles. The third-order valence-electron chi connectivity index (χ3n) is 3.57. The summed E-state index contributed by atoms with van der Waals surface area (Å²) in [5.41, 5.74) is 3.20. The molecule has 1 unspecified atom stereocenters. The van der Waals surface area contributed by atoms with E-state index in [1.54, 1.807) is 0 Å². The predicted octanol–water partition coefficient (Wildman–Crippen LogP) is 2.55. The number of rotatable bonds is 5. The van der Waals surface area contributed by atoms with Gasteiger partial charge in [0, 0.05) is 18.0 Å². The average molecular weight is 233 g/mol. The zero-order valence-electron chi connectivity index (χ0n) is 11.1. The number of hydrogen-bond acceptors (Lipinski definition) is 2. The Kier molecular flexibility index (Phi) is 3.85. The molecule has 2 rings (SSSR count). The van der Waals surface area contributed by atoms with Crippen molar-refractivity contribution in [1.82, 2.24) is 5.32 Å². The Hall–Kier alpha value is -0.860. The number of ether oxygens (including phenoxy) is 1. The Balaban J connectivity index is 1.81. The summed E-state index contributed by atoms with van der Waals surface area (Å²) in [6, 6.07) is 9.15. The van der Waals surface area contributed by atoms with Gasteiger partial charge in [-0.25, -0.2) is 0 Å². The van der Waals surface area contributed by atoms with Gasteiger partial charge in [0.15, 0.2) is 0 Å². The molecular weight excluding hydrogens is 210 g/mol. The molecule has 1 N–H and O–H groups in total. The minimum Gasteiger partial charge on any atom is -0.380 e. The lowest BCUT2D eigenvalue weighted by molar-refractivity contribution is -0.0998. The molecule has 0 spiro atoms. The largest absolute Gasteiger partial charge is 0.380 e. The van der Waals surface area contributed by atoms with Crippen LogP contribution in [-0.4, -0.2) is 25.8 Å². The van der Waals surface area contributed by atoms with E-state index in [9.17, 15) is 0 Å². The molecule has 1 aromatic rings. The lowest BCUT2D eigenvalue weighted by Crippen LogP contribution is -2.49. The Labute approximate surface area is 104 Å². The van der Waals surface area contributed by atoms with Crippen molar-refractivity contribution in [3.8, 4) is 0 Å². The van der Waals surface area contributed by atoms with Crippen LogP contribution in [0.2, 0.25) is 0 Å². The van der Waals surface area contributed by atoms with Gasteiger partial charge in [-0.15, -0.1) is 0 Å². The van der Waals surface area contributed by atoms with E-state index in [1.165, 1.54) is 11.1 Å². The first-order chi connectivity index (χ1) is 8.09. The first-order valence-corrected chi connectivity index (χ1v) is 6.45. The van der Waals surface area contributed by atoms with E-state index in [1.807, 2.05) is 0 Å². The summed E-state index contributed by atoms with van der Waals surface area (Å²) in [7, 11) is 0. The Morgan fingerprint density at radius 2 is 2.06 bits per heavy atom. The van der Waals surface area contributed by atoms with E-state index in [0.29, 0.717) is 11.5 Å². The predicted molar refractivity (Wildman–Crippen MR) is 71.3 cm³/mol. The molecular formula is C15H23NO. The molecule has 1 heterocycles. The zero-order valence-corrected chi connectivity index (χ0v) is 11.1. The summed E-state index contributed by atoms with van der Waals surface area (Å²) in [5.74, 6) is 0. The van der Waals surface area contributed by atoms with Crippen LogP contribution in [0.25, 0.3) is 0 Å². The summed E-state index contributed by atoms with van der Waals surface area (Å²) in [6.07, 6.45) is 1.10. The second kappa shape index (κ2) is 5.19. The van der Waals surface area contributed by atoms with Gasteiger partial charge in [-0.05, 0) is 31.4 Å². The molecule has 0 amide bonds. The number of nitrogens with one attached hydrogen (secondary N) is 1. The average Bonchev–Trinajstić information content (AvgIpc) is 2.27. The number of hydrogen-bond donors (Lipinski definition) is 1. The highest BCUT2D eigenvalue weighted by molar-refractivity contribution is 5.26. The fraction of sp³-hybridized carbons (Fsp3) is 0.600. The molecule has 1 aliphatic rings. The maximum atomic E-state index is 5.27. The van der Waals surface area contributed by atoms with Gasteiger partial charge in [-0.2, -0.15) is 0 Å². The van der Waals surface area contributed by atoms with Gasteiger partial charge in [-0.1, -0.05) is 31.2 Å². The fourth-order valence-corrected chi connectivity index (χ4v) is 2.21. The molecule has 1 aliphatic heterocycles. The normalized spacial score (nSPS) is 19.7. The maximum Gasteiger partial charge on any atom is 0.0554 e. The van der Waals surface area contributed by atoms with Crippen LogP contribution in [-0.2, 0) is 11.2 Å². The molecule has 2 nitrogen and oxygen atoms in total. The van der Waals surface area contributed by atoms with E-state index in [-0.39, 0.29) is 0 Å². The van der Waals surface area contributed by atoms with Gasteiger partial charge in [-0.3, -0.25) is 0 Å². The number of aryl methyl sites for hydroxylation is 1. The van der Waals surface area contributed by atoms with E-state index < -0.39 is 0 Å². The van der Waals surface area contributed by atoms with E-state index >= 15 is 0 Å². The standard InChI is InChI=1S/C15H23NO/c1-12-6-4-5-7-14(12)8-13(2)16-9-15(3)10-17-11-15/h4-7,13,16H,8-11H2,1-3H3. The minimum atomic E-state index is 0.361. The first-order valence-electron chi connectivity index (χ1n) is 6.45. The Morgan fingerprint density at radius 1 is 1.35 bits per heavy atom. The maximum absolute atomic E-state index is 5.27. The van der Waals surface area contributed by atoms with Crippen LogP contribution in [0.5, 0.6) is 0 Å². The molecule has 17 heavy (non-hydrogen) atoms. The summed E-state index contributed by atoms with van der Waals surface area (Å²) >= 11 is 0. The van der Waals surface area contributed by atoms with E-state index in [2.05, 4.69) is 50.4 Å². The quantitative estimate of drug-likeness (QED) is 0.844. The highest BCUT2D eigenvalue weighted by Gasteiger charge is 2.33. The van der Waals surface area contributed by atoms with Crippen molar-refractivity contribution < 1.29 is 4.74 Å². The van der Waals surface area contributed by atoms with Crippen LogP contribution in [0.3, 0.4) is 0 Å². The first kappa shape index (κ1) is 12.6. The summed E-state index contributed by atoms with van der Waals surface area (Å²) < 4.78 is 5.27. The Bertz CT molecular complexity index is 371. The van der Waals surface area contributed by atoms with Crippen LogP contribution in [0.4, 0.5) is 0 Å². The molecule has 0 aromatic heterocycles. The van der Waals surface area contributed by atoms with Crippen LogP contribution in [0.1, 0.15) is 25.0 Å². The molecule has 1 saturated heterocycles. The lowest BCUT2D eigenvalue weighted by Gasteiger charge is -2.39. The molecule has 0 radical (unpaired) electrons. The highest BCUT2D eigenvalue weighted by Crippen LogP contribution is 2.25. The van der Waals surface area contributed by atoms with Gasteiger partial charge in [0.25, 0.3) is 0 Å². The molecule has 0 aliphatic carbocycles. The molecule has 0 bridgehead atoms. The molecule has 1 aromatic carbocycles. The van der Waals surface area contributed by atoms with E-state index in [4.69, 9.17) is 4.74 Å². The smallest absolute Gasteiger partial charge is 0.0554 e. The van der Waals surface area contributed by atoms with Crippen LogP contribution in [0, 0.1) is 12.3 Å². The minimum absolute atomic E-state index is 0.361. The highest BCUT2D eigenvalue weighted by atomic mass is 16.5. The topological polar surface area (TPSA) is 21.3 Å². The van der Waals surface area contributed by atoms with Gasteiger partial charge in [0.05, 0.1) is 13.2 Å². The van der Waals surface area contributed by atoms with Crippen molar-refractivity contribution in [3.63, 3.8) is 0 Å². The molecule has 1 atom stereocenters. The van der Waals surface area contributed by atoms with Gasteiger partial charge >= 0.3 is 0 Å². The van der Waals surface area contributed by atoms with Gasteiger partial charge < -0.3 is 10.1 Å².